The molecule has 2 heterocycles. The largest absolute Gasteiger partial charge is 0.365 e. The molecule has 1 aromatic rings. The fraction of sp³-hybridized carbons (Fsp3) is 0.500. The van der Waals surface area contributed by atoms with Crippen LogP contribution in [0.15, 0.2) is 23.0 Å². The maximum atomic E-state index is 4.83. The van der Waals surface area contributed by atoms with Crippen LogP contribution in [-0.2, 0) is 4.74 Å². The predicted molar refractivity (Wildman–Crippen MR) is 35.3 cm³/mol. The highest BCUT2D eigenvalue weighted by molar-refractivity contribution is 4.67. The summed E-state index contributed by atoms with van der Waals surface area (Å²) in [6.07, 6.45) is 3.10. The SMILES string of the molecule is C1COCN1.c1cnoc1. The lowest BCUT2D eigenvalue weighted by Crippen LogP contribution is -2.05. The van der Waals surface area contributed by atoms with Crippen LogP contribution in [0.4, 0.5) is 0 Å². The molecule has 1 aliphatic rings. The number of nitrogens with one attached hydrogen (secondary N) is 1. The summed E-state index contributed by atoms with van der Waals surface area (Å²) >= 11 is 0. The molecule has 1 aliphatic heterocycles. The first-order valence-corrected chi connectivity index (χ1v) is 3.13. The average Bonchev–Trinajstić information content (AvgIpc) is 2.67. The molecule has 4 heteroatoms. The van der Waals surface area contributed by atoms with E-state index in [1.165, 1.54) is 6.26 Å². The minimum atomic E-state index is 0.750. The number of nitrogens with zero attached hydrogens (tertiary/aromatic N) is 1. The Morgan fingerprint density at radius 2 is 2.50 bits per heavy atom. The van der Waals surface area contributed by atoms with Gasteiger partial charge < -0.3 is 9.26 Å². The minimum Gasteiger partial charge on any atom is -0.365 e. The molecule has 0 aromatic carbocycles. The molecular weight excluding hydrogens is 132 g/mol. The van der Waals surface area contributed by atoms with Crippen molar-refractivity contribution in [2.24, 2.45) is 0 Å². The van der Waals surface area contributed by atoms with Gasteiger partial charge in [-0.2, -0.15) is 0 Å². The zero-order valence-electron chi connectivity index (χ0n) is 5.62. The van der Waals surface area contributed by atoms with Crippen molar-refractivity contribution in [1.29, 1.82) is 0 Å². The molecule has 0 bridgehead atoms. The van der Waals surface area contributed by atoms with E-state index in [0.717, 1.165) is 19.9 Å². The van der Waals surface area contributed by atoms with Crippen molar-refractivity contribution in [3.8, 4) is 0 Å². The lowest BCUT2D eigenvalue weighted by atomic mass is 10.7. The molecule has 2 rings (SSSR count). The van der Waals surface area contributed by atoms with Crippen LogP contribution in [0, 0.1) is 0 Å². The normalized spacial score (nSPS) is 16.0. The Morgan fingerprint density at radius 3 is 2.70 bits per heavy atom. The maximum absolute atomic E-state index is 4.83. The zero-order chi connectivity index (χ0) is 7.07. The molecule has 4 nitrogen and oxygen atoms in total. The quantitative estimate of drug-likeness (QED) is 0.563. The summed E-state index contributed by atoms with van der Waals surface area (Å²) in [6.45, 7) is 2.67. The predicted octanol–water partition coefficient (Wildman–Crippen LogP) is 0.238. The van der Waals surface area contributed by atoms with Gasteiger partial charge in [0.1, 0.15) is 6.26 Å². The summed E-state index contributed by atoms with van der Waals surface area (Å²) in [6, 6.07) is 1.72. The molecule has 10 heavy (non-hydrogen) atoms. The number of ether oxygens (including phenoxy) is 1. The summed E-state index contributed by atoms with van der Waals surface area (Å²) in [5.41, 5.74) is 0. The van der Waals surface area contributed by atoms with Crippen LogP contribution in [0.2, 0.25) is 0 Å². The van der Waals surface area contributed by atoms with Gasteiger partial charge >= 0.3 is 0 Å². The Morgan fingerprint density at radius 1 is 1.50 bits per heavy atom. The van der Waals surface area contributed by atoms with E-state index in [9.17, 15) is 0 Å². The average molecular weight is 142 g/mol. The van der Waals surface area contributed by atoms with E-state index >= 15 is 0 Å². The van der Waals surface area contributed by atoms with Gasteiger partial charge in [0.05, 0.1) is 19.5 Å². The van der Waals surface area contributed by atoms with E-state index < -0.39 is 0 Å². The van der Waals surface area contributed by atoms with E-state index in [4.69, 9.17) is 4.74 Å². The molecule has 0 unspecified atom stereocenters. The van der Waals surface area contributed by atoms with Crippen molar-refractivity contribution in [3.05, 3.63) is 18.5 Å². The highest BCUT2D eigenvalue weighted by Crippen LogP contribution is 1.75. The maximum Gasteiger partial charge on any atom is 0.123 e. The van der Waals surface area contributed by atoms with Crippen molar-refractivity contribution in [2.45, 2.75) is 0 Å². The molecular formula is C6H10N2O2. The molecule has 1 aromatic heterocycles. The van der Waals surface area contributed by atoms with E-state index in [1.807, 2.05) is 0 Å². The monoisotopic (exact) mass is 142 g/mol. The van der Waals surface area contributed by atoms with Gasteiger partial charge in [-0.3, -0.25) is 5.32 Å². The summed E-state index contributed by atoms with van der Waals surface area (Å²) in [4.78, 5) is 0. The third-order valence-electron chi connectivity index (χ3n) is 0.975. The van der Waals surface area contributed by atoms with Gasteiger partial charge in [-0.15, -0.1) is 0 Å². The highest BCUT2D eigenvalue weighted by Gasteiger charge is 1.92. The molecule has 56 valence electrons. The lowest BCUT2D eigenvalue weighted by Gasteiger charge is -1.76. The van der Waals surface area contributed by atoms with Gasteiger partial charge in [0, 0.05) is 6.54 Å². The van der Waals surface area contributed by atoms with Gasteiger partial charge in [-0.1, -0.05) is 5.16 Å². The number of hydrogen-bond donors (Lipinski definition) is 1. The Kier molecular flexibility index (Phi) is 3.59. The van der Waals surface area contributed by atoms with Crippen LogP contribution >= 0.6 is 0 Å². The Bertz CT molecular complexity index is 113. The van der Waals surface area contributed by atoms with E-state index in [2.05, 4.69) is 15.0 Å². The molecule has 1 fully saturated rings. The third-order valence-corrected chi connectivity index (χ3v) is 0.975. The second kappa shape index (κ2) is 4.96. The van der Waals surface area contributed by atoms with Crippen LogP contribution in [0.3, 0.4) is 0 Å². The standard InChI is InChI=1S/C3H7NO.C3H3NO/c1-2-5-3-4-1;1-2-4-5-3-1/h4H,1-3H2;1-3H. The summed E-state index contributed by atoms with van der Waals surface area (Å²) in [5, 5.41) is 6.35. The van der Waals surface area contributed by atoms with Gasteiger partial charge in [0.2, 0.25) is 0 Å². The van der Waals surface area contributed by atoms with Crippen molar-refractivity contribution in [1.82, 2.24) is 10.5 Å². The van der Waals surface area contributed by atoms with E-state index in [1.54, 1.807) is 12.3 Å². The van der Waals surface area contributed by atoms with E-state index in [0.29, 0.717) is 0 Å². The van der Waals surface area contributed by atoms with Crippen LogP contribution < -0.4 is 5.32 Å². The van der Waals surface area contributed by atoms with Crippen molar-refractivity contribution >= 4 is 0 Å². The summed E-state index contributed by atoms with van der Waals surface area (Å²) in [7, 11) is 0. The lowest BCUT2D eigenvalue weighted by molar-refractivity contribution is 0.194. The van der Waals surface area contributed by atoms with Crippen LogP contribution in [0.5, 0.6) is 0 Å². The van der Waals surface area contributed by atoms with Crippen molar-refractivity contribution < 1.29 is 9.26 Å². The molecule has 0 aliphatic carbocycles. The molecule has 1 N–H and O–H groups in total. The van der Waals surface area contributed by atoms with Crippen molar-refractivity contribution in [2.75, 3.05) is 19.9 Å². The second-order valence-electron chi connectivity index (χ2n) is 1.74. The van der Waals surface area contributed by atoms with Gasteiger partial charge in [-0.05, 0) is 6.07 Å². The molecule has 0 saturated carbocycles. The minimum absolute atomic E-state index is 0.750. The molecule has 0 radical (unpaired) electrons. The van der Waals surface area contributed by atoms with Crippen molar-refractivity contribution in [3.63, 3.8) is 0 Å². The first kappa shape index (κ1) is 7.24. The third kappa shape index (κ3) is 3.21. The number of aromatic nitrogens is 1. The Balaban J connectivity index is 0.0000001000. The summed E-state index contributed by atoms with van der Waals surface area (Å²) in [5.74, 6) is 0. The molecule has 0 amide bonds. The second-order valence-corrected chi connectivity index (χ2v) is 1.74. The van der Waals surface area contributed by atoms with Gasteiger partial charge in [0.25, 0.3) is 0 Å². The van der Waals surface area contributed by atoms with Gasteiger partial charge in [0.15, 0.2) is 0 Å². The first-order chi connectivity index (χ1) is 5.00. The smallest absolute Gasteiger partial charge is 0.123 e. The Hall–Kier alpha value is -0.870. The van der Waals surface area contributed by atoms with Gasteiger partial charge in [-0.25, -0.2) is 0 Å². The summed E-state index contributed by atoms with van der Waals surface area (Å²) < 4.78 is 9.17. The zero-order valence-corrected chi connectivity index (χ0v) is 5.62. The molecule has 0 atom stereocenters. The highest BCUT2D eigenvalue weighted by atomic mass is 16.5. The molecule has 1 saturated heterocycles. The van der Waals surface area contributed by atoms with Crippen LogP contribution in [0.25, 0.3) is 0 Å². The number of hydrogen-bond acceptors (Lipinski definition) is 4. The van der Waals surface area contributed by atoms with E-state index in [-0.39, 0.29) is 0 Å². The topological polar surface area (TPSA) is 47.3 Å². The Labute approximate surface area is 59.2 Å². The molecule has 0 spiro atoms. The van der Waals surface area contributed by atoms with Crippen LogP contribution in [-0.4, -0.2) is 25.0 Å². The fourth-order valence-electron chi connectivity index (χ4n) is 0.537. The van der Waals surface area contributed by atoms with Crippen LogP contribution in [0.1, 0.15) is 0 Å². The first-order valence-electron chi connectivity index (χ1n) is 3.13. The fourth-order valence-corrected chi connectivity index (χ4v) is 0.537. The number of rotatable bonds is 0.